The van der Waals surface area contributed by atoms with Gasteiger partial charge in [-0.2, -0.15) is 0 Å². The Hall–Kier alpha value is -1.85. The number of rotatable bonds is 2. The number of carbonyl (C=O) groups is 3. The van der Waals surface area contributed by atoms with Crippen molar-refractivity contribution in [2.75, 3.05) is 0 Å². The molecule has 0 heterocycles. The Morgan fingerprint density at radius 3 is 1.97 bits per heavy atom. The van der Waals surface area contributed by atoms with Gasteiger partial charge in [0.15, 0.2) is 11.5 Å². The first-order valence-corrected chi connectivity index (χ1v) is 13.9. The Balaban J connectivity index is 1.60. The maximum absolute atomic E-state index is 12.9. The summed E-state index contributed by atoms with van der Waals surface area (Å²) in [7, 11) is 0. The van der Waals surface area contributed by atoms with Crippen molar-refractivity contribution in [3.63, 3.8) is 0 Å². The normalized spacial score (nSPS) is 52.5. The van der Waals surface area contributed by atoms with E-state index in [4.69, 9.17) is 0 Å². The third kappa shape index (κ3) is 2.82. The van der Waals surface area contributed by atoms with Crippen LogP contribution < -0.4 is 0 Å². The second-order valence-electron chi connectivity index (χ2n) is 14.6. The molecule has 0 amide bonds. The van der Waals surface area contributed by atoms with Crippen LogP contribution in [-0.4, -0.2) is 33.0 Å². The van der Waals surface area contributed by atoms with Gasteiger partial charge in [0.25, 0.3) is 0 Å². The summed E-state index contributed by atoms with van der Waals surface area (Å²) < 4.78 is 0. The largest absolute Gasteiger partial charge is 0.504 e. The Labute approximate surface area is 214 Å². The first-order valence-electron chi connectivity index (χ1n) is 13.9. The molecule has 9 atom stereocenters. The van der Waals surface area contributed by atoms with Crippen LogP contribution >= 0.6 is 0 Å². The molecule has 4 fully saturated rings. The number of carboxylic acid groups (broad SMARTS) is 2. The molecule has 200 valence electrons. The lowest BCUT2D eigenvalue weighted by Crippen LogP contribution is -2.68. The number of allylic oxidation sites excluding steroid dienone is 1. The van der Waals surface area contributed by atoms with Gasteiger partial charge in [0.1, 0.15) is 0 Å². The van der Waals surface area contributed by atoms with Crippen molar-refractivity contribution >= 4 is 17.7 Å². The number of Topliss-reactive ketones (excluding diaryl/α,β-unsaturated/α-hetero) is 1. The van der Waals surface area contributed by atoms with Crippen LogP contribution in [0.4, 0.5) is 0 Å². The Bertz CT molecular complexity index is 1080. The van der Waals surface area contributed by atoms with Gasteiger partial charge in [-0.25, -0.2) is 0 Å². The van der Waals surface area contributed by atoms with Gasteiger partial charge < -0.3 is 15.3 Å². The average molecular weight is 501 g/mol. The number of ketones is 1. The van der Waals surface area contributed by atoms with E-state index in [9.17, 15) is 29.7 Å². The lowest BCUT2D eigenvalue weighted by atomic mass is 9.30. The number of hydrogen-bond acceptors (Lipinski definition) is 4. The van der Waals surface area contributed by atoms with E-state index in [2.05, 4.69) is 27.7 Å². The molecule has 3 unspecified atom stereocenters. The van der Waals surface area contributed by atoms with Gasteiger partial charge in [-0.05, 0) is 117 Å². The SMILES string of the molecule is CC1=C(O)C(=O)CC2[C@]1(C(=O)O)CCC1[C@@]2(C)CC[C@@]2(C)C3C[C@](C)(C(=O)O)CC[C@]3(C)CC[C@]12C. The molecule has 0 saturated heterocycles. The molecule has 5 aliphatic carbocycles. The first-order chi connectivity index (χ1) is 16.5. The molecule has 0 aromatic rings. The number of hydrogen-bond donors (Lipinski definition) is 3. The minimum absolute atomic E-state index is 0.0454. The van der Waals surface area contributed by atoms with Crippen LogP contribution in [0.25, 0.3) is 0 Å². The average Bonchev–Trinajstić information content (AvgIpc) is 2.81. The fourth-order valence-electron chi connectivity index (χ4n) is 10.9. The van der Waals surface area contributed by atoms with E-state index in [1.165, 1.54) is 0 Å². The molecule has 0 aliphatic heterocycles. The zero-order valence-corrected chi connectivity index (χ0v) is 22.9. The molecule has 0 aromatic heterocycles. The smallest absolute Gasteiger partial charge is 0.314 e. The summed E-state index contributed by atoms with van der Waals surface area (Å²) in [5.74, 6) is -2.05. The topological polar surface area (TPSA) is 112 Å². The van der Waals surface area contributed by atoms with E-state index in [0.717, 1.165) is 44.9 Å². The predicted octanol–water partition coefficient (Wildman–Crippen LogP) is 6.39. The van der Waals surface area contributed by atoms with Crippen molar-refractivity contribution in [1.82, 2.24) is 0 Å². The van der Waals surface area contributed by atoms with Crippen LogP contribution in [0.5, 0.6) is 0 Å². The summed E-state index contributed by atoms with van der Waals surface area (Å²) in [4.78, 5) is 38.1. The van der Waals surface area contributed by atoms with Crippen LogP contribution in [0.1, 0.15) is 106 Å². The highest BCUT2D eigenvalue weighted by Crippen LogP contribution is 2.78. The molecule has 6 nitrogen and oxygen atoms in total. The van der Waals surface area contributed by atoms with Gasteiger partial charge in [-0.3, -0.25) is 14.4 Å². The predicted molar refractivity (Wildman–Crippen MR) is 135 cm³/mol. The van der Waals surface area contributed by atoms with Crippen molar-refractivity contribution in [3.05, 3.63) is 11.3 Å². The molecule has 0 spiro atoms. The van der Waals surface area contributed by atoms with E-state index in [1.54, 1.807) is 6.92 Å². The van der Waals surface area contributed by atoms with E-state index in [0.29, 0.717) is 24.3 Å². The minimum atomic E-state index is -1.19. The van der Waals surface area contributed by atoms with Crippen molar-refractivity contribution in [1.29, 1.82) is 0 Å². The second-order valence-corrected chi connectivity index (χ2v) is 14.6. The molecule has 0 bridgehead atoms. The van der Waals surface area contributed by atoms with Gasteiger partial charge in [-0.1, -0.05) is 27.7 Å². The summed E-state index contributed by atoms with van der Waals surface area (Å²) in [5.41, 5.74) is -1.86. The molecule has 0 radical (unpaired) electrons. The number of aliphatic hydroxyl groups is 1. The zero-order valence-electron chi connectivity index (χ0n) is 22.9. The number of aliphatic carboxylic acids is 2. The van der Waals surface area contributed by atoms with Gasteiger partial charge in [0.05, 0.1) is 10.8 Å². The molecule has 3 N–H and O–H groups in total. The van der Waals surface area contributed by atoms with Crippen LogP contribution in [-0.2, 0) is 14.4 Å². The highest BCUT2D eigenvalue weighted by atomic mass is 16.4. The van der Waals surface area contributed by atoms with E-state index in [1.807, 2.05) is 6.92 Å². The Morgan fingerprint density at radius 1 is 0.778 bits per heavy atom. The van der Waals surface area contributed by atoms with Gasteiger partial charge >= 0.3 is 11.9 Å². The lowest BCUT2D eigenvalue weighted by Gasteiger charge is -2.74. The Morgan fingerprint density at radius 2 is 1.36 bits per heavy atom. The van der Waals surface area contributed by atoms with E-state index < -0.39 is 22.8 Å². The quantitative estimate of drug-likeness (QED) is 0.405. The van der Waals surface area contributed by atoms with Gasteiger partial charge in [-0.15, -0.1) is 0 Å². The van der Waals surface area contributed by atoms with E-state index in [-0.39, 0.29) is 51.5 Å². The van der Waals surface area contributed by atoms with Crippen molar-refractivity contribution in [2.24, 2.45) is 50.2 Å². The Kier molecular flexibility index (Phi) is 5.28. The number of aliphatic hydroxyl groups excluding tert-OH is 1. The van der Waals surface area contributed by atoms with Crippen LogP contribution in [0, 0.1) is 50.2 Å². The summed E-state index contributed by atoms with van der Waals surface area (Å²) in [6.45, 7) is 13.0. The first kappa shape index (κ1) is 25.8. The highest BCUT2D eigenvalue weighted by Gasteiger charge is 2.73. The zero-order chi connectivity index (χ0) is 26.7. The molecule has 5 aliphatic rings. The minimum Gasteiger partial charge on any atom is -0.504 e. The fourth-order valence-corrected chi connectivity index (χ4v) is 10.9. The van der Waals surface area contributed by atoms with Crippen LogP contribution in [0.3, 0.4) is 0 Å². The standard InChI is InChI=1S/C30H44O6/c1-17-22(32)18(31)15-20-27(4)12-14-29(6)21-16-26(3,23(33)34)10-9-25(21,2)11-13-28(29,5)19(27)7-8-30(17,20)24(35)36/h19-21,32H,7-16H2,1-6H3,(H,33,34)(H,35,36)/t19?,20?,21?,25-,26-,27-,28-,29+,30+/m1/s1. The fraction of sp³-hybridized carbons (Fsp3) is 0.833. The summed E-state index contributed by atoms with van der Waals surface area (Å²) in [6, 6.07) is 0. The maximum Gasteiger partial charge on any atom is 0.314 e. The monoisotopic (exact) mass is 500 g/mol. The third-order valence-electron chi connectivity index (χ3n) is 13.6. The van der Waals surface area contributed by atoms with Crippen molar-refractivity contribution in [2.45, 2.75) is 106 Å². The molecule has 0 aromatic carbocycles. The van der Waals surface area contributed by atoms with E-state index >= 15 is 0 Å². The summed E-state index contributed by atoms with van der Waals surface area (Å²) in [5, 5.41) is 31.2. The molecular formula is C30H44O6. The van der Waals surface area contributed by atoms with Gasteiger partial charge in [0.2, 0.25) is 0 Å². The second kappa shape index (κ2) is 7.38. The highest BCUT2D eigenvalue weighted by molar-refractivity contribution is 5.98. The molecular weight excluding hydrogens is 456 g/mol. The summed E-state index contributed by atoms with van der Waals surface area (Å²) >= 11 is 0. The van der Waals surface area contributed by atoms with Crippen LogP contribution in [0.2, 0.25) is 0 Å². The number of carbonyl (C=O) groups excluding carboxylic acids is 1. The number of carboxylic acids is 2. The molecule has 5 rings (SSSR count). The third-order valence-corrected chi connectivity index (χ3v) is 13.6. The molecule has 36 heavy (non-hydrogen) atoms. The lowest BCUT2D eigenvalue weighted by molar-refractivity contribution is -0.251. The van der Waals surface area contributed by atoms with Crippen molar-refractivity contribution < 1.29 is 29.7 Å². The van der Waals surface area contributed by atoms with Crippen molar-refractivity contribution in [3.8, 4) is 0 Å². The van der Waals surface area contributed by atoms with Gasteiger partial charge in [0, 0.05) is 6.42 Å². The summed E-state index contributed by atoms with van der Waals surface area (Å²) in [6.07, 6.45) is 7.53. The van der Waals surface area contributed by atoms with Crippen LogP contribution in [0.15, 0.2) is 11.3 Å². The maximum atomic E-state index is 12.9. The molecule has 6 heteroatoms. The number of fused-ring (bicyclic) bond motifs is 7. The molecule has 4 saturated carbocycles.